The van der Waals surface area contributed by atoms with Crippen molar-refractivity contribution in [2.45, 2.75) is 69.2 Å². The van der Waals surface area contributed by atoms with Gasteiger partial charge in [0.25, 0.3) is 0 Å². The van der Waals surface area contributed by atoms with Crippen molar-refractivity contribution in [2.24, 2.45) is 0 Å². The van der Waals surface area contributed by atoms with Crippen molar-refractivity contribution < 1.29 is 4.79 Å². The van der Waals surface area contributed by atoms with E-state index in [1.165, 1.54) is 18.2 Å². The molecule has 0 spiro atoms. The quantitative estimate of drug-likeness (QED) is 0.623. The normalized spacial score (nSPS) is 22.3. The van der Waals surface area contributed by atoms with Crippen LogP contribution in [0.3, 0.4) is 0 Å². The average molecular weight is 410 g/mol. The second-order valence-electron chi connectivity index (χ2n) is 8.37. The lowest BCUT2D eigenvalue weighted by molar-refractivity contribution is -0.134. The summed E-state index contributed by atoms with van der Waals surface area (Å²) in [7, 11) is 0. The molecule has 2 atom stereocenters. The summed E-state index contributed by atoms with van der Waals surface area (Å²) in [6.45, 7) is 4.33. The first-order chi connectivity index (χ1) is 14.1. The lowest BCUT2D eigenvalue weighted by Gasteiger charge is -2.39. The molecule has 3 aromatic rings. The predicted molar refractivity (Wildman–Crippen MR) is 116 cm³/mol. The van der Waals surface area contributed by atoms with Gasteiger partial charge in [-0.25, -0.2) is 0 Å². The van der Waals surface area contributed by atoms with Crippen molar-refractivity contribution in [3.8, 4) is 11.4 Å². The number of rotatable bonds is 5. The maximum atomic E-state index is 12.9. The van der Waals surface area contributed by atoms with Gasteiger partial charge >= 0.3 is 0 Å². The molecule has 2 aromatic heterocycles. The Hall–Kier alpha value is -2.28. The molecule has 1 aromatic carbocycles. The first-order valence-electron chi connectivity index (χ1n) is 10.6. The molecule has 152 valence electrons. The van der Waals surface area contributed by atoms with Gasteiger partial charge < -0.3 is 9.88 Å². The number of hydrogen-bond donors (Lipinski definition) is 1. The van der Waals surface area contributed by atoms with E-state index in [1.807, 2.05) is 18.3 Å². The zero-order valence-corrected chi connectivity index (χ0v) is 17.8. The number of nitrogens with one attached hydrogen (secondary N) is 1. The van der Waals surface area contributed by atoms with Gasteiger partial charge in [0, 0.05) is 40.8 Å². The number of carbonyl (C=O) groups excluding carboxylic acids is 1. The van der Waals surface area contributed by atoms with Crippen molar-refractivity contribution in [2.75, 3.05) is 5.75 Å². The number of aromatic amines is 1. The van der Waals surface area contributed by atoms with Crippen LogP contribution in [0.15, 0.2) is 35.6 Å². The Morgan fingerprint density at radius 1 is 1.14 bits per heavy atom. The highest BCUT2D eigenvalue weighted by molar-refractivity contribution is 7.99. The number of para-hydroxylation sites is 1. The summed E-state index contributed by atoms with van der Waals surface area (Å²) in [6.07, 6.45) is 7.73. The third-order valence-corrected chi connectivity index (χ3v) is 7.14. The minimum absolute atomic E-state index is 0.216. The van der Waals surface area contributed by atoms with Crippen LogP contribution in [0.25, 0.3) is 22.3 Å². The Bertz CT molecular complexity index is 1030. The van der Waals surface area contributed by atoms with Gasteiger partial charge in [0.1, 0.15) is 0 Å². The monoisotopic (exact) mass is 409 g/mol. The summed E-state index contributed by atoms with van der Waals surface area (Å²) in [5.74, 6) is 1.54. The maximum absolute atomic E-state index is 12.9. The average Bonchev–Trinajstić information content (AvgIpc) is 3.32. The van der Waals surface area contributed by atoms with Gasteiger partial charge in [0.05, 0.1) is 5.75 Å². The van der Waals surface area contributed by atoms with E-state index in [1.54, 1.807) is 0 Å². The van der Waals surface area contributed by atoms with Gasteiger partial charge in [-0.2, -0.15) is 0 Å². The topological polar surface area (TPSA) is 66.8 Å². The molecule has 2 aliphatic rings. The van der Waals surface area contributed by atoms with E-state index in [4.69, 9.17) is 0 Å². The number of aromatic nitrogens is 4. The van der Waals surface area contributed by atoms with Crippen molar-refractivity contribution in [1.82, 2.24) is 24.6 Å². The minimum Gasteiger partial charge on any atom is -0.360 e. The molecule has 2 unspecified atom stereocenters. The molecule has 1 aliphatic heterocycles. The number of likely N-dealkylation sites (tertiary alicyclic amines) is 1. The third kappa shape index (κ3) is 3.45. The molecular formula is C22H27N5OS. The summed E-state index contributed by atoms with van der Waals surface area (Å²) in [5, 5.41) is 11.0. The Labute approximate surface area is 175 Å². The molecule has 3 heterocycles. The number of nitrogens with zero attached hydrogens (tertiary/aromatic N) is 4. The van der Waals surface area contributed by atoms with Crippen LogP contribution in [0.4, 0.5) is 0 Å². The van der Waals surface area contributed by atoms with Gasteiger partial charge in [-0.1, -0.05) is 30.0 Å². The van der Waals surface area contributed by atoms with Crippen molar-refractivity contribution >= 4 is 28.6 Å². The van der Waals surface area contributed by atoms with Gasteiger partial charge in [0.2, 0.25) is 5.91 Å². The molecule has 0 radical (unpaired) electrons. The van der Waals surface area contributed by atoms with E-state index >= 15 is 0 Å². The number of amides is 1. The van der Waals surface area contributed by atoms with E-state index in [0.717, 1.165) is 53.1 Å². The molecule has 1 saturated carbocycles. The lowest BCUT2D eigenvalue weighted by Crippen LogP contribution is -2.48. The van der Waals surface area contributed by atoms with Gasteiger partial charge in [-0.3, -0.25) is 9.36 Å². The Kier molecular flexibility index (Phi) is 4.86. The Morgan fingerprint density at radius 3 is 2.66 bits per heavy atom. The van der Waals surface area contributed by atoms with Crippen molar-refractivity contribution in [3.05, 3.63) is 30.5 Å². The van der Waals surface area contributed by atoms with Gasteiger partial charge in [-0.15, -0.1) is 10.2 Å². The SMILES string of the molecule is CC1CCCC(C)N1C(=O)CSc1nnc(-c2c[nH]c3ccccc23)n1C1CC1. The number of carbonyl (C=O) groups is 1. The van der Waals surface area contributed by atoms with Gasteiger partial charge in [-0.05, 0) is 52.0 Å². The highest BCUT2D eigenvalue weighted by Gasteiger charge is 2.32. The van der Waals surface area contributed by atoms with E-state index in [2.05, 4.69) is 50.6 Å². The highest BCUT2D eigenvalue weighted by Crippen LogP contribution is 2.42. The van der Waals surface area contributed by atoms with Crippen LogP contribution in [0.1, 0.15) is 52.0 Å². The van der Waals surface area contributed by atoms with Crippen LogP contribution in [0.5, 0.6) is 0 Å². The number of benzene rings is 1. The predicted octanol–water partition coefficient (Wildman–Crippen LogP) is 4.64. The summed E-state index contributed by atoms with van der Waals surface area (Å²) < 4.78 is 2.25. The zero-order valence-electron chi connectivity index (χ0n) is 17.0. The summed E-state index contributed by atoms with van der Waals surface area (Å²) in [4.78, 5) is 18.4. The van der Waals surface area contributed by atoms with E-state index in [-0.39, 0.29) is 5.91 Å². The number of fused-ring (bicyclic) bond motifs is 1. The number of thioether (sulfide) groups is 1. The van der Waals surface area contributed by atoms with Crippen LogP contribution in [0.2, 0.25) is 0 Å². The molecule has 1 amide bonds. The Morgan fingerprint density at radius 2 is 1.90 bits per heavy atom. The zero-order chi connectivity index (χ0) is 20.0. The molecule has 6 nitrogen and oxygen atoms in total. The van der Waals surface area contributed by atoms with E-state index in [9.17, 15) is 4.79 Å². The fraction of sp³-hybridized carbons (Fsp3) is 0.500. The summed E-state index contributed by atoms with van der Waals surface area (Å²) in [6, 6.07) is 9.37. The number of hydrogen-bond acceptors (Lipinski definition) is 4. The molecule has 1 saturated heterocycles. The van der Waals surface area contributed by atoms with Crippen LogP contribution in [-0.4, -0.2) is 48.4 Å². The molecule has 2 fully saturated rings. The second-order valence-corrected chi connectivity index (χ2v) is 9.32. The number of H-pyrrole nitrogens is 1. The first-order valence-corrected chi connectivity index (χ1v) is 11.6. The highest BCUT2D eigenvalue weighted by atomic mass is 32.2. The lowest BCUT2D eigenvalue weighted by atomic mass is 9.98. The summed E-state index contributed by atoms with van der Waals surface area (Å²) in [5.41, 5.74) is 2.18. The summed E-state index contributed by atoms with van der Waals surface area (Å²) >= 11 is 1.53. The molecule has 0 bridgehead atoms. The molecular weight excluding hydrogens is 382 g/mol. The Balaban J connectivity index is 1.40. The molecule has 29 heavy (non-hydrogen) atoms. The van der Waals surface area contributed by atoms with Crippen LogP contribution < -0.4 is 0 Å². The first kappa shape index (κ1) is 18.7. The van der Waals surface area contributed by atoms with Gasteiger partial charge in [0.15, 0.2) is 11.0 Å². The molecule has 5 rings (SSSR count). The fourth-order valence-corrected chi connectivity index (χ4v) is 5.47. The molecule has 1 N–H and O–H groups in total. The molecule has 1 aliphatic carbocycles. The fourth-order valence-electron chi connectivity index (χ4n) is 4.59. The van der Waals surface area contributed by atoms with E-state index in [0.29, 0.717) is 23.9 Å². The van der Waals surface area contributed by atoms with E-state index < -0.39 is 0 Å². The maximum Gasteiger partial charge on any atom is 0.233 e. The minimum atomic E-state index is 0.216. The van der Waals surface area contributed by atoms with Crippen LogP contribution >= 0.6 is 11.8 Å². The molecule has 7 heteroatoms. The third-order valence-electron chi connectivity index (χ3n) is 6.21. The number of piperidine rings is 1. The van der Waals surface area contributed by atoms with Crippen molar-refractivity contribution in [3.63, 3.8) is 0 Å². The standard InChI is InChI=1S/C22H27N5OS/c1-14-6-5-7-15(2)26(14)20(28)13-29-22-25-24-21(27(22)16-10-11-16)18-12-23-19-9-4-3-8-17(18)19/h3-4,8-9,12,14-16,23H,5-7,10-11,13H2,1-2H3. The second kappa shape index (κ2) is 7.52. The smallest absolute Gasteiger partial charge is 0.233 e. The van der Waals surface area contributed by atoms with Crippen LogP contribution in [-0.2, 0) is 4.79 Å². The van der Waals surface area contributed by atoms with Crippen LogP contribution in [0, 0.1) is 0 Å². The largest absolute Gasteiger partial charge is 0.360 e. The van der Waals surface area contributed by atoms with Crippen molar-refractivity contribution in [1.29, 1.82) is 0 Å².